The van der Waals surface area contributed by atoms with Crippen molar-refractivity contribution in [2.24, 2.45) is 0 Å². The number of benzene rings is 1. The third-order valence-electron chi connectivity index (χ3n) is 3.16. The predicted octanol–water partition coefficient (Wildman–Crippen LogP) is 1.59. The lowest BCUT2D eigenvalue weighted by Gasteiger charge is -2.14. The molecule has 0 amide bonds. The number of hydrogen-bond acceptors (Lipinski definition) is 1. The average Bonchev–Trinajstić information content (AvgIpc) is 2.72. The van der Waals surface area contributed by atoms with Crippen LogP contribution in [-0.2, 0) is 12.7 Å². The molecule has 17 heavy (non-hydrogen) atoms. The second kappa shape index (κ2) is 4.56. The van der Waals surface area contributed by atoms with Crippen LogP contribution in [0.15, 0.2) is 18.2 Å². The van der Waals surface area contributed by atoms with Crippen molar-refractivity contribution in [1.82, 2.24) is 0 Å². The number of phenolic OH excluding ortho intramolecular Hbond substituents is 1. The molecule has 0 aliphatic carbocycles. The zero-order valence-electron chi connectivity index (χ0n) is 9.35. The number of halogens is 3. The first-order valence-corrected chi connectivity index (χ1v) is 5.69. The van der Waals surface area contributed by atoms with Crippen LogP contribution < -0.4 is 4.90 Å². The van der Waals surface area contributed by atoms with Crippen molar-refractivity contribution in [3.05, 3.63) is 29.3 Å². The van der Waals surface area contributed by atoms with Gasteiger partial charge in [0.15, 0.2) is 0 Å². The second-order valence-corrected chi connectivity index (χ2v) is 4.48. The third kappa shape index (κ3) is 2.91. The molecule has 1 heterocycles. The molecular weight excluding hydrogens is 231 g/mol. The van der Waals surface area contributed by atoms with Gasteiger partial charge in [0.2, 0.25) is 0 Å². The van der Waals surface area contributed by atoms with Crippen molar-refractivity contribution >= 4 is 0 Å². The Morgan fingerprint density at radius 2 is 1.82 bits per heavy atom. The van der Waals surface area contributed by atoms with Gasteiger partial charge in [0.1, 0.15) is 12.3 Å². The fourth-order valence-corrected chi connectivity index (χ4v) is 2.21. The van der Waals surface area contributed by atoms with Crippen LogP contribution in [-0.4, -0.2) is 18.2 Å². The van der Waals surface area contributed by atoms with E-state index in [9.17, 15) is 18.3 Å². The van der Waals surface area contributed by atoms with Gasteiger partial charge >= 0.3 is 6.18 Å². The second-order valence-electron chi connectivity index (χ2n) is 4.48. The Morgan fingerprint density at radius 3 is 2.35 bits per heavy atom. The molecule has 2 rings (SSSR count). The summed E-state index contributed by atoms with van der Waals surface area (Å²) in [5.74, 6) is -0.251. The van der Waals surface area contributed by atoms with Gasteiger partial charge in [-0.2, -0.15) is 13.2 Å². The van der Waals surface area contributed by atoms with E-state index in [4.69, 9.17) is 0 Å². The van der Waals surface area contributed by atoms with Crippen LogP contribution in [0.25, 0.3) is 0 Å². The van der Waals surface area contributed by atoms with E-state index in [0.29, 0.717) is 12.1 Å². The van der Waals surface area contributed by atoms with Crippen LogP contribution in [0.2, 0.25) is 0 Å². The van der Waals surface area contributed by atoms with Crippen molar-refractivity contribution in [3.63, 3.8) is 0 Å². The van der Waals surface area contributed by atoms with Gasteiger partial charge in [-0.15, -0.1) is 0 Å². The Balaban J connectivity index is 2.14. The third-order valence-corrected chi connectivity index (χ3v) is 3.16. The molecule has 94 valence electrons. The molecule has 0 saturated carbocycles. The van der Waals surface area contributed by atoms with Crippen molar-refractivity contribution < 1.29 is 23.2 Å². The van der Waals surface area contributed by atoms with Gasteiger partial charge in [0.25, 0.3) is 0 Å². The number of alkyl halides is 3. The molecule has 0 bridgehead atoms. The summed E-state index contributed by atoms with van der Waals surface area (Å²) in [6.45, 7) is 2.66. The predicted molar refractivity (Wildman–Crippen MR) is 56.7 cm³/mol. The molecule has 0 aromatic heterocycles. The maximum atomic E-state index is 12.4. The van der Waals surface area contributed by atoms with E-state index in [1.54, 1.807) is 0 Å². The number of quaternary nitrogens is 1. The first kappa shape index (κ1) is 12.2. The molecule has 1 saturated heterocycles. The molecule has 1 aliphatic heterocycles. The maximum Gasteiger partial charge on any atom is 0.416 e. The van der Waals surface area contributed by atoms with E-state index in [1.165, 1.54) is 11.0 Å². The van der Waals surface area contributed by atoms with Crippen molar-refractivity contribution in [3.8, 4) is 5.75 Å². The van der Waals surface area contributed by atoms with Crippen LogP contribution in [0, 0.1) is 0 Å². The van der Waals surface area contributed by atoms with Crippen LogP contribution in [0.5, 0.6) is 5.75 Å². The molecule has 2 nitrogen and oxygen atoms in total. The fourth-order valence-electron chi connectivity index (χ4n) is 2.21. The number of rotatable bonds is 2. The molecule has 1 aromatic carbocycles. The van der Waals surface area contributed by atoms with E-state index in [0.717, 1.165) is 38.1 Å². The minimum absolute atomic E-state index is 0.251. The zero-order chi connectivity index (χ0) is 12.5. The van der Waals surface area contributed by atoms with E-state index >= 15 is 0 Å². The number of hydrogen-bond donors (Lipinski definition) is 2. The van der Waals surface area contributed by atoms with Crippen LogP contribution in [0.3, 0.4) is 0 Å². The summed E-state index contributed by atoms with van der Waals surface area (Å²) in [6.07, 6.45) is -2.09. The number of nitrogens with one attached hydrogen (secondary N) is 1. The molecule has 0 atom stereocenters. The summed E-state index contributed by atoms with van der Waals surface area (Å²) >= 11 is 0. The Kier molecular flexibility index (Phi) is 3.28. The first-order chi connectivity index (χ1) is 7.97. The lowest BCUT2D eigenvalue weighted by molar-refractivity contribution is -0.901. The van der Waals surface area contributed by atoms with Gasteiger partial charge in [-0.3, -0.25) is 0 Å². The molecule has 0 spiro atoms. The summed E-state index contributed by atoms with van der Waals surface area (Å²) in [5.41, 5.74) is -0.204. The Morgan fingerprint density at radius 1 is 1.18 bits per heavy atom. The van der Waals surface area contributed by atoms with E-state index in [-0.39, 0.29) is 5.75 Å². The monoisotopic (exact) mass is 246 g/mol. The number of phenols is 1. The number of aromatic hydroxyl groups is 1. The van der Waals surface area contributed by atoms with Gasteiger partial charge in [-0.05, 0) is 18.2 Å². The summed E-state index contributed by atoms with van der Waals surface area (Å²) in [5, 5.41) is 9.60. The smallest absolute Gasteiger partial charge is 0.416 e. The zero-order valence-corrected chi connectivity index (χ0v) is 9.35. The Labute approximate surface area is 97.7 Å². The van der Waals surface area contributed by atoms with Gasteiger partial charge in [-0.1, -0.05) is 0 Å². The molecular formula is C12H15F3NO+. The topological polar surface area (TPSA) is 24.7 Å². The van der Waals surface area contributed by atoms with Gasteiger partial charge < -0.3 is 10.0 Å². The Bertz CT molecular complexity index is 397. The van der Waals surface area contributed by atoms with Crippen molar-refractivity contribution in [1.29, 1.82) is 0 Å². The van der Waals surface area contributed by atoms with Crippen LogP contribution in [0.1, 0.15) is 24.0 Å². The minimum Gasteiger partial charge on any atom is -0.507 e. The largest absolute Gasteiger partial charge is 0.507 e. The molecule has 1 aromatic rings. The highest BCUT2D eigenvalue weighted by molar-refractivity contribution is 5.37. The Hall–Kier alpha value is -1.23. The van der Waals surface area contributed by atoms with E-state index < -0.39 is 11.7 Å². The summed E-state index contributed by atoms with van der Waals surface area (Å²) in [6, 6.07) is 3.22. The SMILES string of the molecule is Oc1cc(C(F)(F)F)ccc1C[NH+]1CCCC1. The fraction of sp³-hybridized carbons (Fsp3) is 0.500. The molecule has 0 radical (unpaired) electrons. The van der Waals surface area contributed by atoms with Crippen LogP contribution in [0.4, 0.5) is 13.2 Å². The highest BCUT2D eigenvalue weighted by atomic mass is 19.4. The standard InChI is InChI=1S/C12H14F3NO/c13-12(14,15)10-4-3-9(11(17)7-10)8-16-5-1-2-6-16/h3-4,7,17H,1-2,5-6,8H2/p+1. The van der Waals surface area contributed by atoms with Gasteiger partial charge in [0.05, 0.1) is 18.7 Å². The van der Waals surface area contributed by atoms with Crippen molar-refractivity contribution in [2.75, 3.05) is 13.1 Å². The lowest BCUT2D eigenvalue weighted by atomic mass is 10.1. The minimum atomic E-state index is -4.39. The molecule has 1 fully saturated rings. The first-order valence-electron chi connectivity index (χ1n) is 5.69. The summed E-state index contributed by atoms with van der Waals surface area (Å²) in [4.78, 5) is 1.32. The van der Waals surface area contributed by atoms with Crippen molar-refractivity contribution in [2.45, 2.75) is 25.6 Å². The molecule has 1 aliphatic rings. The summed E-state index contributed by atoms with van der Waals surface area (Å²) < 4.78 is 37.2. The lowest BCUT2D eigenvalue weighted by Crippen LogP contribution is -3.08. The highest BCUT2D eigenvalue weighted by Crippen LogP contribution is 2.32. The summed E-state index contributed by atoms with van der Waals surface area (Å²) in [7, 11) is 0. The van der Waals surface area contributed by atoms with E-state index in [1.807, 2.05) is 0 Å². The van der Waals surface area contributed by atoms with Gasteiger partial charge in [0, 0.05) is 18.4 Å². The quantitative estimate of drug-likeness (QED) is 0.813. The average molecular weight is 246 g/mol. The molecule has 5 heteroatoms. The normalized spacial score (nSPS) is 17.6. The molecule has 0 unspecified atom stereocenters. The number of likely N-dealkylation sites (tertiary alicyclic amines) is 1. The maximum absolute atomic E-state index is 12.4. The molecule has 2 N–H and O–H groups in total. The highest BCUT2D eigenvalue weighted by Gasteiger charge is 2.31. The van der Waals surface area contributed by atoms with E-state index in [2.05, 4.69) is 0 Å². The van der Waals surface area contributed by atoms with Crippen LogP contribution >= 0.6 is 0 Å². The van der Waals surface area contributed by atoms with Gasteiger partial charge in [-0.25, -0.2) is 0 Å².